The lowest BCUT2D eigenvalue weighted by molar-refractivity contribution is -0.131. The molecule has 2 saturated heterocycles. The van der Waals surface area contributed by atoms with E-state index in [1.54, 1.807) is 17.2 Å². The first kappa shape index (κ1) is 16.2. The van der Waals surface area contributed by atoms with Crippen molar-refractivity contribution in [2.75, 3.05) is 13.3 Å². The standard InChI is InChI=1S/C19H19N3O5/c23-18-16-13(11-3-4-14-15(8-11)27-10-26-14)5-6-20-17(16)22(19(24)21-18)9-12-2-1-7-25-12/h1-4,7-8,13,16-17,20H,5-6,9-10H2,(H,21,23,24). The van der Waals surface area contributed by atoms with E-state index >= 15 is 0 Å². The van der Waals surface area contributed by atoms with E-state index in [2.05, 4.69) is 10.6 Å². The normalized spacial score (nSPS) is 26.7. The minimum absolute atomic E-state index is 0.0297. The van der Waals surface area contributed by atoms with Crippen molar-refractivity contribution in [2.45, 2.75) is 25.0 Å². The number of fused-ring (bicyclic) bond motifs is 2. The maximum Gasteiger partial charge on any atom is 0.325 e. The molecule has 27 heavy (non-hydrogen) atoms. The molecule has 5 rings (SSSR count). The first-order valence-electron chi connectivity index (χ1n) is 8.97. The number of piperidine rings is 1. The van der Waals surface area contributed by atoms with E-state index in [9.17, 15) is 9.59 Å². The van der Waals surface area contributed by atoms with Gasteiger partial charge in [0.2, 0.25) is 12.7 Å². The fraction of sp³-hybridized carbons (Fsp3) is 0.368. The van der Waals surface area contributed by atoms with Crippen molar-refractivity contribution in [3.8, 4) is 11.5 Å². The zero-order valence-corrected chi connectivity index (χ0v) is 14.5. The number of benzene rings is 1. The molecular weight excluding hydrogens is 350 g/mol. The molecule has 3 aliphatic rings. The minimum atomic E-state index is -0.406. The first-order chi connectivity index (χ1) is 13.2. The van der Waals surface area contributed by atoms with Crippen LogP contribution in [0.4, 0.5) is 4.79 Å². The molecule has 0 bridgehead atoms. The molecule has 2 N–H and O–H groups in total. The maximum absolute atomic E-state index is 12.7. The van der Waals surface area contributed by atoms with Gasteiger partial charge in [0.05, 0.1) is 24.9 Å². The van der Waals surface area contributed by atoms with E-state index < -0.39 is 11.9 Å². The highest BCUT2D eigenvalue weighted by molar-refractivity contribution is 5.99. The molecule has 3 unspecified atom stereocenters. The van der Waals surface area contributed by atoms with Gasteiger partial charge in [0.25, 0.3) is 0 Å². The van der Waals surface area contributed by atoms with Crippen LogP contribution < -0.4 is 20.1 Å². The summed E-state index contributed by atoms with van der Waals surface area (Å²) in [6.07, 6.45) is 1.97. The van der Waals surface area contributed by atoms with E-state index in [0.29, 0.717) is 30.3 Å². The number of urea groups is 1. The summed E-state index contributed by atoms with van der Waals surface area (Å²) < 4.78 is 16.3. The van der Waals surface area contributed by atoms with Crippen LogP contribution in [-0.2, 0) is 11.3 Å². The monoisotopic (exact) mass is 369 g/mol. The number of hydrogen-bond donors (Lipinski definition) is 2. The molecule has 3 aliphatic heterocycles. The van der Waals surface area contributed by atoms with E-state index in [1.165, 1.54) is 0 Å². The summed E-state index contributed by atoms with van der Waals surface area (Å²) in [5.41, 5.74) is 1.01. The Morgan fingerprint density at radius 1 is 1.15 bits per heavy atom. The molecule has 140 valence electrons. The topological polar surface area (TPSA) is 93.0 Å². The van der Waals surface area contributed by atoms with Gasteiger partial charge in [-0.2, -0.15) is 0 Å². The second-order valence-electron chi connectivity index (χ2n) is 6.93. The molecule has 1 aromatic carbocycles. The number of furan rings is 1. The third kappa shape index (κ3) is 2.73. The van der Waals surface area contributed by atoms with Crippen LogP contribution in [0.1, 0.15) is 23.7 Å². The summed E-state index contributed by atoms with van der Waals surface area (Å²) in [5.74, 6) is 1.40. The van der Waals surface area contributed by atoms with Gasteiger partial charge < -0.3 is 18.8 Å². The van der Waals surface area contributed by atoms with Gasteiger partial charge in [0, 0.05) is 5.92 Å². The van der Waals surface area contributed by atoms with E-state index in [4.69, 9.17) is 13.9 Å². The zero-order valence-electron chi connectivity index (χ0n) is 14.5. The molecule has 0 radical (unpaired) electrons. The predicted octanol–water partition coefficient (Wildman–Crippen LogP) is 1.78. The van der Waals surface area contributed by atoms with E-state index in [-0.39, 0.29) is 24.8 Å². The third-order valence-electron chi connectivity index (χ3n) is 5.44. The Morgan fingerprint density at radius 3 is 2.89 bits per heavy atom. The number of ether oxygens (including phenoxy) is 2. The van der Waals surface area contributed by atoms with Gasteiger partial charge in [-0.05, 0) is 42.8 Å². The molecule has 0 spiro atoms. The fourth-order valence-electron chi connectivity index (χ4n) is 4.19. The van der Waals surface area contributed by atoms with Crippen LogP contribution in [0.2, 0.25) is 0 Å². The third-order valence-corrected chi connectivity index (χ3v) is 5.44. The Labute approximate surface area is 155 Å². The van der Waals surface area contributed by atoms with Crippen LogP contribution in [0, 0.1) is 5.92 Å². The highest BCUT2D eigenvalue weighted by Gasteiger charge is 2.48. The van der Waals surface area contributed by atoms with Crippen molar-refractivity contribution in [3.05, 3.63) is 47.9 Å². The van der Waals surface area contributed by atoms with Crippen molar-refractivity contribution in [3.63, 3.8) is 0 Å². The molecule has 0 aliphatic carbocycles. The summed E-state index contributed by atoms with van der Waals surface area (Å²) in [6, 6.07) is 8.98. The molecule has 1 aromatic heterocycles. The summed E-state index contributed by atoms with van der Waals surface area (Å²) in [4.78, 5) is 26.8. The average Bonchev–Trinajstić information content (AvgIpc) is 3.35. The Morgan fingerprint density at radius 2 is 2.04 bits per heavy atom. The lowest BCUT2D eigenvalue weighted by Gasteiger charge is -2.46. The summed E-state index contributed by atoms with van der Waals surface area (Å²) in [5, 5.41) is 5.85. The van der Waals surface area contributed by atoms with Crippen molar-refractivity contribution >= 4 is 11.9 Å². The molecule has 3 amide bonds. The number of rotatable bonds is 3. The fourth-order valence-corrected chi connectivity index (χ4v) is 4.19. The van der Waals surface area contributed by atoms with Crippen LogP contribution >= 0.6 is 0 Å². The van der Waals surface area contributed by atoms with Crippen LogP contribution in [0.15, 0.2) is 41.0 Å². The van der Waals surface area contributed by atoms with E-state index in [1.807, 2.05) is 24.3 Å². The highest BCUT2D eigenvalue weighted by Crippen LogP contribution is 2.41. The number of nitrogens with zero attached hydrogens (tertiary/aromatic N) is 1. The Kier molecular flexibility index (Phi) is 3.78. The molecule has 8 heteroatoms. The van der Waals surface area contributed by atoms with Gasteiger partial charge in [-0.25, -0.2) is 4.79 Å². The van der Waals surface area contributed by atoms with Crippen molar-refractivity contribution in [2.24, 2.45) is 5.92 Å². The molecule has 0 saturated carbocycles. The van der Waals surface area contributed by atoms with E-state index in [0.717, 1.165) is 12.0 Å². The molecule has 2 fully saturated rings. The molecule has 8 nitrogen and oxygen atoms in total. The van der Waals surface area contributed by atoms with Gasteiger partial charge >= 0.3 is 6.03 Å². The minimum Gasteiger partial charge on any atom is -0.467 e. The SMILES string of the molecule is O=C1NC(=O)N(Cc2ccco2)C2NCCC(c3ccc4c(c3)OCO4)C12. The smallest absolute Gasteiger partial charge is 0.325 e. The second kappa shape index (κ2) is 6.31. The largest absolute Gasteiger partial charge is 0.467 e. The van der Waals surface area contributed by atoms with Gasteiger partial charge in [-0.3, -0.25) is 15.4 Å². The molecule has 2 aromatic rings. The number of nitrogens with one attached hydrogen (secondary N) is 2. The number of amides is 3. The van der Waals surface area contributed by atoms with Crippen LogP contribution in [-0.4, -0.2) is 36.3 Å². The Bertz CT molecular complexity index is 881. The Balaban J connectivity index is 1.46. The number of hydrogen-bond acceptors (Lipinski definition) is 6. The summed E-state index contributed by atoms with van der Waals surface area (Å²) >= 11 is 0. The molecule has 4 heterocycles. The summed E-state index contributed by atoms with van der Waals surface area (Å²) in [6.45, 7) is 1.21. The first-order valence-corrected chi connectivity index (χ1v) is 8.97. The van der Waals surface area contributed by atoms with Crippen LogP contribution in [0.5, 0.6) is 11.5 Å². The van der Waals surface area contributed by atoms with Crippen molar-refractivity contribution in [1.82, 2.24) is 15.5 Å². The summed E-state index contributed by atoms with van der Waals surface area (Å²) in [7, 11) is 0. The van der Waals surface area contributed by atoms with Crippen molar-refractivity contribution < 1.29 is 23.5 Å². The van der Waals surface area contributed by atoms with Crippen LogP contribution in [0.3, 0.4) is 0 Å². The average molecular weight is 369 g/mol. The quantitative estimate of drug-likeness (QED) is 0.857. The lowest BCUT2D eigenvalue weighted by Crippen LogP contribution is -2.67. The van der Waals surface area contributed by atoms with Gasteiger partial charge in [-0.1, -0.05) is 6.07 Å². The molecular formula is C19H19N3O5. The number of carbonyl (C=O) groups excluding carboxylic acids is 2. The maximum atomic E-state index is 12.7. The number of imide groups is 1. The molecule has 3 atom stereocenters. The predicted molar refractivity (Wildman–Crippen MR) is 93.0 cm³/mol. The van der Waals surface area contributed by atoms with Gasteiger partial charge in [-0.15, -0.1) is 0 Å². The van der Waals surface area contributed by atoms with Crippen molar-refractivity contribution in [1.29, 1.82) is 0 Å². The van der Waals surface area contributed by atoms with Gasteiger partial charge in [0.1, 0.15) is 5.76 Å². The van der Waals surface area contributed by atoms with Gasteiger partial charge in [0.15, 0.2) is 11.5 Å². The highest BCUT2D eigenvalue weighted by atomic mass is 16.7. The zero-order chi connectivity index (χ0) is 18.4. The number of carbonyl (C=O) groups is 2. The Hall–Kier alpha value is -3.00. The second-order valence-corrected chi connectivity index (χ2v) is 6.93. The van der Waals surface area contributed by atoms with Crippen LogP contribution in [0.25, 0.3) is 0 Å². The lowest BCUT2D eigenvalue weighted by atomic mass is 9.77.